The van der Waals surface area contributed by atoms with Crippen molar-refractivity contribution in [3.8, 4) is 0 Å². The van der Waals surface area contributed by atoms with Crippen LogP contribution in [-0.2, 0) is 33.7 Å². The second-order valence-corrected chi connectivity index (χ2v) is 9.96. The number of thioether (sulfide) groups is 1. The number of carboxylic acids is 2. The Morgan fingerprint density at radius 1 is 0.919 bits per heavy atom. The number of rotatable bonds is 17. The number of tetrazole rings is 1. The molecule has 0 saturated heterocycles. The lowest BCUT2D eigenvalue weighted by Gasteiger charge is -2.24. The number of methoxy groups -OCH3 is 1. The molecule has 0 aliphatic rings. The lowest BCUT2D eigenvalue weighted by atomic mass is 9.96. The molecule has 0 amide bonds. The number of carbonyl (C=O) groups is 2. The Balaban J connectivity index is 1.59. The lowest BCUT2D eigenvalue weighted by molar-refractivity contribution is -0.148. The molecule has 2 aromatic carbocycles. The van der Waals surface area contributed by atoms with Crippen molar-refractivity contribution < 1.29 is 24.5 Å². The number of benzene rings is 2. The summed E-state index contributed by atoms with van der Waals surface area (Å²) in [5.41, 5.74) is 3.26. The number of aryl methyl sites for hydroxylation is 2. The van der Waals surface area contributed by atoms with E-state index in [1.165, 1.54) is 31.9 Å². The van der Waals surface area contributed by atoms with E-state index in [1.54, 1.807) is 0 Å². The first kappa shape index (κ1) is 28.3. The number of aromatic nitrogens is 4. The molecule has 0 spiro atoms. The van der Waals surface area contributed by atoms with E-state index in [-0.39, 0.29) is 5.16 Å². The number of carboxylic acid groups (broad SMARTS) is 2. The molecule has 3 aromatic rings. The van der Waals surface area contributed by atoms with Gasteiger partial charge in [-0.3, -0.25) is 4.79 Å². The van der Waals surface area contributed by atoms with Gasteiger partial charge in [0.15, 0.2) is 6.10 Å². The summed E-state index contributed by atoms with van der Waals surface area (Å²) in [5, 5.41) is 29.8. The smallest absolute Gasteiger partial charge is 0.334 e. The van der Waals surface area contributed by atoms with Crippen LogP contribution in [0.15, 0.2) is 59.8 Å². The van der Waals surface area contributed by atoms with E-state index < -0.39 is 29.8 Å². The van der Waals surface area contributed by atoms with Gasteiger partial charge in [-0.25, -0.2) is 9.48 Å². The van der Waals surface area contributed by atoms with Crippen LogP contribution >= 0.6 is 11.8 Å². The molecule has 0 bridgehead atoms. The van der Waals surface area contributed by atoms with Gasteiger partial charge in [-0.1, -0.05) is 92.0 Å². The van der Waals surface area contributed by atoms with Crippen molar-refractivity contribution in [1.29, 1.82) is 0 Å². The van der Waals surface area contributed by atoms with Crippen LogP contribution in [0.2, 0.25) is 0 Å². The summed E-state index contributed by atoms with van der Waals surface area (Å²) in [7, 11) is 1.35. The van der Waals surface area contributed by atoms with Crippen LogP contribution in [0.25, 0.3) is 0 Å². The van der Waals surface area contributed by atoms with Crippen LogP contribution in [0.3, 0.4) is 0 Å². The maximum Gasteiger partial charge on any atom is 0.334 e. The lowest BCUT2D eigenvalue weighted by Crippen LogP contribution is -2.29. The molecule has 0 aliphatic heterocycles. The van der Waals surface area contributed by atoms with E-state index >= 15 is 0 Å². The number of nitrogens with zero attached hydrogens (tertiary/aromatic N) is 4. The van der Waals surface area contributed by atoms with Crippen molar-refractivity contribution >= 4 is 23.7 Å². The Labute approximate surface area is 221 Å². The first-order chi connectivity index (χ1) is 18.0. The summed E-state index contributed by atoms with van der Waals surface area (Å²) < 4.78 is 6.50. The normalized spacial score (nSPS) is 12.8. The van der Waals surface area contributed by atoms with Crippen LogP contribution in [0.4, 0.5) is 0 Å². The van der Waals surface area contributed by atoms with Crippen LogP contribution in [0, 0.1) is 0 Å². The predicted molar refractivity (Wildman–Crippen MR) is 140 cm³/mol. The van der Waals surface area contributed by atoms with Crippen LogP contribution < -0.4 is 0 Å². The van der Waals surface area contributed by atoms with Crippen molar-refractivity contribution in [2.75, 3.05) is 7.11 Å². The highest BCUT2D eigenvalue weighted by Crippen LogP contribution is 2.40. The first-order valence-electron chi connectivity index (χ1n) is 12.5. The highest BCUT2D eigenvalue weighted by atomic mass is 32.2. The van der Waals surface area contributed by atoms with Gasteiger partial charge in [-0.2, -0.15) is 0 Å². The monoisotopic (exact) mass is 526 g/mol. The molecular weight excluding hydrogens is 492 g/mol. The fourth-order valence-corrected chi connectivity index (χ4v) is 5.54. The summed E-state index contributed by atoms with van der Waals surface area (Å²) in [6, 6.07) is 18.3. The van der Waals surface area contributed by atoms with Crippen LogP contribution in [-0.4, -0.2) is 55.6 Å². The molecular formula is C27H34N4O5S. The molecule has 2 atom stereocenters. The number of unbranched alkanes of at least 4 members (excludes halogenated alkanes) is 5. The maximum absolute atomic E-state index is 12.0. The Bertz CT molecular complexity index is 1120. The summed E-state index contributed by atoms with van der Waals surface area (Å²) in [6.07, 6.45) is 7.63. The molecule has 0 radical (unpaired) electrons. The summed E-state index contributed by atoms with van der Waals surface area (Å²) in [4.78, 5) is 23.2. The van der Waals surface area contributed by atoms with Gasteiger partial charge in [0.2, 0.25) is 5.16 Å². The molecule has 3 rings (SSSR count). The SMILES string of the molecule is COC(C(=O)O)C(Sc1nnnn1CC(=O)O)c1ccccc1CCCCCCCCc1ccccc1. The Kier molecular flexibility index (Phi) is 11.6. The molecule has 1 aromatic heterocycles. The summed E-state index contributed by atoms with van der Waals surface area (Å²) in [6.45, 7) is -0.417. The number of hydrogen-bond acceptors (Lipinski definition) is 7. The molecule has 9 nitrogen and oxygen atoms in total. The second kappa shape index (κ2) is 15.1. The molecule has 0 aliphatic carbocycles. The molecule has 198 valence electrons. The van der Waals surface area contributed by atoms with E-state index in [0.717, 1.165) is 59.7 Å². The predicted octanol–water partition coefficient (Wildman–Crippen LogP) is 4.82. The largest absolute Gasteiger partial charge is 0.480 e. The fraction of sp³-hybridized carbons (Fsp3) is 0.444. The molecule has 1 heterocycles. The van der Waals surface area contributed by atoms with Crippen molar-refractivity contribution in [2.45, 2.75) is 74.4 Å². The van der Waals surface area contributed by atoms with E-state index in [4.69, 9.17) is 9.84 Å². The average molecular weight is 527 g/mol. The third-order valence-electron chi connectivity index (χ3n) is 6.15. The van der Waals surface area contributed by atoms with E-state index in [1.807, 2.05) is 30.3 Å². The third-order valence-corrected chi connectivity index (χ3v) is 7.41. The molecule has 0 saturated carbocycles. The van der Waals surface area contributed by atoms with Gasteiger partial charge in [0.05, 0.1) is 5.25 Å². The standard InChI is InChI=1S/C27H34N4O5S/c1-36-24(26(34)35)25(37-27-28-29-30-31(27)19-23(32)33)22-18-12-11-17-21(22)16-10-5-3-2-4-7-13-20-14-8-6-9-15-20/h6,8-9,11-12,14-15,17-18,24-25H,2-5,7,10,13,16,19H2,1H3,(H,32,33)(H,34,35). The van der Waals surface area contributed by atoms with Gasteiger partial charge in [0, 0.05) is 7.11 Å². The maximum atomic E-state index is 12.0. The molecule has 10 heteroatoms. The van der Waals surface area contributed by atoms with Gasteiger partial charge >= 0.3 is 11.9 Å². The van der Waals surface area contributed by atoms with E-state index in [9.17, 15) is 14.7 Å². The van der Waals surface area contributed by atoms with Gasteiger partial charge in [-0.05, 0) is 52.8 Å². The van der Waals surface area contributed by atoms with Gasteiger partial charge in [-0.15, -0.1) is 5.10 Å². The van der Waals surface area contributed by atoms with Gasteiger partial charge in [0.1, 0.15) is 6.54 Å². The summed E-state index contributed by atoms with van der Waals surface area (Å²) in [5.74, 6) is -2.20. The zero-order valence-corrected chi connectivity index (χ0v) is 21.8. The highest BCUT2D eigenvalue weighted by Gasteiger charge is 2.33. The van der Waals surface area contributed by atoms with E-state index in [0.29, 0.717) is 0 Å². The Morgan fingerprint density at radius 2 is 1.57 bits per heavy atom. The minimum atomic E-state index is -1.16. The minimum Gasteiger partial charge on any atom is -0.480 e. The van der Waals surface area contributed by atoms with Gasteiger partial charge in [0.25, 0.3) is 0 Å². The minimum absolute atomic E-state index is 0.223. The number of aliphatic carboxylic acids is 2. The first-order valence-corrected chi connectivity index (χ1v) is 13.4. The molecule has 2 unspecified atom stereocenters. The zero-order valence-electron chi connectivity index (χ0n) is 21.0. The van der Waals surface area contributed by atoms with Gasteiger partial charge < -0.3 is 14.9 Å². The second-order valence-electron chi connectivity index (χ2n) is 8.85. The quantitative estimate of drug-likeness (QED) is 0.188. The highest BCUT2D eigenvalue weighted by molar-refractivity contribution is 7.99. The molecule has 2 N–H and O–H groups in total. The van der Waals surface area contributed by atoms with E-state index in [2.05, 4.69) is 39.8 Å². The van der Waals surface area contributed by atoms with Crippen molar-refractivity contribution in [3.05, 3.63) is 71.3 Å². The summed E-state index contributed by atoms with van der Waals surface area (Å²) >= 11 is 1.10. The third kappa shape index (κ3) is 8.98. The molecule has 0 fully saturated rings. The Hall–Kier alpha value is -3.24. The Morgan fingerprint density at radius 3 is 2.24 bits per heavy atom. The topological polar surface area (TPSA) is 127 Å². The molecule has 37 heavy (non-hydrogen) atoms. The van der Waals surface area contributed by atoms with Crippen molar-refractivity contribution in [3.63, 3.8) is 0 Å². The zero-order chi connectivity index (χ0) is 26.5. The number of hydrogen-bond donors (Lipinski definition) is 2. The van der Waals surface area contributed by atoms with Crippen molar-refractivity contribution in [2.24, 2.45) is 0 Å². The fourth-order valence-electron chi connectivity index (χ4n) is 4.30. The van der Waals surface area contributed by atoms with Crippen LogP contribution in [0.5, 0.6) is 0 Å². The van der Waals surface area contributed by atoms with Crippen molar-refractivity contribution in [1.82, 2.24) is 20.2 Å². The van der Waals surface area contributed by atoms with Crippen LogP contribution in [0.1, 0.15) is 60.5 Å². The number of ether oxygens (including phenoxy) is 1. The average Bonchev–Trinajstić information content (AvgIpc) is 3.32.